The molecule has 0 saturated carbocycles. The maximum Gasteiger partial charge on any atom is 0.255 e. The zero-order valence-corrected chi connectivity index (χ0v) is 13.4. The molecule has 6 heteroatoms. The third-order valence-corrected chi connectivity index (χ3v) is 3.75. The first kappa shape index (κ1) is 16.3. The van der Waals surface area contributed by atoms with Gasteiger partial charge in [0.15, 0.2) is 0 Å². The first-order valence-corrected chi connectivity index (χ1v) is 6.77. The van der Waals surface area contributed by atoms with Crippen molar-refractivity contribution in [2.75, 3.05) is 26.7 Å². The lowest BCUT2D eigenvalue weighted by Crippen LogP contribution is -2.51. The van der Waals surface area contributed by atoms with Crippen LogP contribution in [0.25, 0.3) is 0 Å². The van der Waals surface area contributed by atoms with Gasteiger partial charge in [-0.25, -0.2) is 0 Å². The number of piperazine rings is 1. The number of hydrogen-bond acceptors (Lipinski definition) is 3. The van der Waals surface area contributed by atoms with Gasteiger partial charge < -0.3 is 15.0 Å². The molecule has 1 aromatic rings. The lowest BCUT2D eigenvalue weighted by molar-refractivity contribution is 0.0708. The summed E-state index contributed by atoms with van der Waals surface area (Å²) in [5.41, 5.74) is 0.656. The number of nitrogens with one attached hydrogen (secondary N) is 1. The Balaban J connectivity index is 0.00000180. The van der Waals surface area contributed by atoms with Crippen molar-refractivity contribution in [1.29, 1.82) is 0 Å². The summed E-state index contributed by atoms with van der Waals surface area (Å²) in [7, 11) is 1.60. The van der Waals surface area contributed by atoms with E-state index in [4.69, 9.17) is 4.74 Å². The standard InChI is InChI=1S/C13H17BrN2O2.ClH/c1-9-8-16(6-5-15-9)13(17)11-7-10(18-2)3-4-12(11)14;/h3-4,7,9,15H,5-6,8H2,1-2H3;1H/t9-;/m0./s1. The molecule has 19 heavy (non-hydrogen) atoms. The van der Waals surface area contributed by atoms with Gasteiger partial charge in [0.2, 0.25) is 0 Å². The van der Waals surface area contributed by atoms with Crippen molar-refractivity contribution < 1.29 is 9.53 Å². The van der Waals surface area contributed by atoms with Crippen LogP contribution in [0, 0.1) is 0 Å². The second-order valence-electron chi connectivity index (χ2n) is 4.45. The number of rotatable bonds is 2. The summed E-state index contributed by atoms with van der Waals surface area (Å²) in [6, 6.07) is 5.80. The summed E-state index contributed by atoms with van der Waals surface area (Å²) < 4.78 is 5.97. The number of hydrogen-bond donors (Lipinski definition) is 1. The van der Waals surface area contributed by atoms with Crippen molar-refractivity contribution >= 4 is 34.2 Å². The Kier molecular flexibility index (Phi) is 6.10. The van der Waals surface area contributed by atoms with Gasteiger partial charge in [-0.3, -0.25) is 4.79 Å². The molecule has 1 heterocycles. The molecule has 106 valence electrons. The third-order valence-electron chi connectivity index (χ3n) is 3.06. The van der Waals surface area contributed by atoms with E-state index in [0.717, 1.165) is 24.1 Å². The smallest absolute Gasteiger partial charge is 0.255 e. The molecule has 0 radical (unpaired) electrons. The molecule has 0 bridgehead atoms. The molecule has 1 aliphatic heterocycles. The van der Waals surface area contributed by atoms with Gasteiger partial charge in [-0.2, -0.15) is 0 Å². The van der Waals surface area contributed by atoms with E-state index >= 15 is 0 Å². The molecule has 0 aromatic heterocycles. The molecule has 0 unspecified atom stereocenters. The molecule has 1 N–H and O–H groups in total. The lowest BCUT2D eigenvalue weighted by atomic mass is 10.1. The zero-order valence-electron chi connectivity index (χ0n) is 11.0. The van der Waals surface area contributed by atoms with Gasteiger partial charge in [0.1, 0.15) is 5.75 Å². The zero-order chi connectivity index (χ0) is 13.1. The van der Waals surface area contributed by atoms with Gasteiger partial charge in [-0.05, 0) is 41.1 Å². The van der Waals surface area contributed by atoms with Crippen molar-refractivity contribution in [2.24, 2.45) is 0 Å². The Bertz CT molecular complexity index is 456. The van der Waals surface area contributed by atoms with Gasteiger partial charge in [0.05, 0.1) is 12.7 Å². The Labute approximate surface area is 128 Å². The number of amides is 1. The highest BCUT2D eigenvalue weighted by Crippen LogP contribution is 2.24. The van der Waals surface area contributed by atoms with Crippen LogP contribution < -0.4 is 10.1 Å². The highest BCUT2D eigenvalue weighted by molar-refractivity contribution is 9.10. The number of carbonyl (C=O) groups excluding carboxylic acids is 1. The second kappa shape index (κ2) is 7.12. The van der Waals surface area contributed by atoms with E-state index in [1.807, 2.05) is 17.0 Å². The normalized spacial score (nSPS) is 18.7. The van der Waals surface area contributed by atoms with Crippen LogP contribution in [-0.2, 0) is 0 Å². The van der Waals surface area contributed by atoms with Crippen molar-refractivity contribution in [3.05, 3.63) is 28.2 Å². The van der Waals surface area contributed by atoms with Crippen LogP contribution in [0.3, 0.4) is 0 Å². The third kappa shape index (κ3) is 3.84. The molecule has 0 aliphatic carbocycles. The van der Waals surface area contributed by atoms with Crippen LogP contribution in [0.15, 0.2) is 22.7 Å². The van der Waals surface area contributed by atoms with E-state index in [1.165, 1.54) is 0 Å². The largest absolute Gasteiger partial charge is 0.497 e. The molecule has 1 amide bonds. The number of methoxy groups -OCH3 is 1. The fourth-order valence-corrected chi connectivity index (χ4v) is 2.50. The van der Waals surface area contributed by atoms with Gasteiger partial charge in [0, 0.05) is 30.1 Å². The fraction of sp³-hybridized carbons (Fsp3) is 0.462. The van der Waals surface area contributed by atoms with E-state index in [1.54, 1.807) is 13.2 Å². The molecule has 4 nitrogen and oxygen atoms in total. The minimum Gasteiger partial charge on any atom is -0.497 e. The number of carbonyl (C=O) groups is 1. The first-order chi connectivity index (χ1) is 8.61. The Morgan fingerprint density at radius 3 is 2.89 bits per heavy atom. The first-order valence-electron chi connectivity index (χ1n) is 5.98. The second-order valence-corrected chi connectivity index (χ2v) is 5.31. The molecule has 1 fully saturated rings. The van der Waals surface area contributed by atoms with Gasteiger partial charge >= 0.3 is 0 Å². The summed E-state index contributed by atoms with van der Waals surface area (Å²) in [4.78, 5) is 14.3. The average Bonchev–Trinajstić information content (AvgIpc) is 2.38. The van der Waals surface area contributed by atoms with E-state index in [2.05, 4.69) is 28.2 Å². The fourth-order valence-electron chi connectivity index (χ4n) is 2.08. The predicted octanol–water partition coefficient (Wildman–Crippen LogP) is 2.31. The maximum absolute atomic E-state index is 12.4. The summed E-state index contributed by atoms with van der Waals surface area (Å²) in [6.45, 7) is 4.41. The highest BCUT2D eigenvalue weighted by atomic mass is 79.9. The number of nitrogens with zero attached hydrogens (tertiary/aromatic N) is 1. The Morgan fingerprint density at radius 1 is 1.53 bits per heavy atom. The molecule has 1 atom stereocenters. The Hall–Kier alpha value is -0.780. The van der Waals surface area contributed by atoms with E-state index in [-0.39, 0.29) is 18.3 Å². The topological polar surface area (TPSA) is 41.6 Å². The van der Waals surface area contributed by atoms with Crippen molar-refractivity contribution in [2.45, 2.75) is 13.0 Å². The monoisotopic (exact) mass is 348 g/mol. The molecule has 1 aliphatic rings. The molecular weight excluding hydrogens is 332 g/mol. The van der Waals surface area contributed by atoms with Crippen LogP contribution in [0.1, 0.15) is 17.3 Å². The van der Waals surface area contributed by atoms with Crippen LogP contribution in [0.2, 0.25) is 0 Å². The van der Waals surface area contributed by atoms with E-state index < -0.39 is 0 Å². The van der Waals surface area contributed by atoms with Gasteiger partial charge in [-0.15, -0.1) is 12.4 Å². The SMILES string of the molecule is COc1ccc(Br)c(C(=O)N2CCN[C@@H](C)C2)c1.Cl. The van der Waals surface area contributed by atoms with Crippen molar-refractivity contribution in [1.82, 2.24) is 10.2 Å². The quantitative estimate of drug-likeness (QED) is 0.891. The van der Waals surface area contributed by atoms with Crippen LogP contribution in [0.5, 0.6) is 5.75 Å². The predicted molar refractivity (Wildman–Crippen MR) is 81.3 cm³/mol. The summed E-state index contributed by atoms with van der Waals surface area (Å²) in [6.07, 6.45) is 0. The number of ether oxygens (including phenoxy) is 1. The molecule has 0 spiro atoms. The molecule has 1 saturated heterocycles. The Morgan fingerprint density at radius 2 is 2.26 bits per heavy atom. The van der Waals surface area contributed by atoms with Crippen LogP contribution in [-0.4, -0.2) is 43.6 Å². The van der Waals surface area contributed by atoms with Crippen LogP contribution >= 0.6 is 28.3 Å². The van der Waals surface area contributed by atoms with Crippen molar-refractivity contribution in [3.63, 3.8) is 0 Å². The van der Waals surface area contributed by atoms with Crippen molar-refractivity contribution in [3.8, 4) is 5.75 Å². The minimum absolute atomic E-state index is 0. The highest BCUT2D eigenvalue weighted by Gasteiger charge is 2.23. The molecular formula is C13H18BrClN2O2. The van der Waals surface area contributed by atoms with Gasteiger partial charge in [-0.1, -0.05) is 0 Å². The number of benzene rings is 1. The average molecular weight is 350 g/mol. The summed E-state index contributed by atoms with van der Waals surface area (Å²) in [5, 5.41) is 3.33. The summed E-state index contributed by atoms with van der Waals surface area (Å²) in [5.74, 6) is 0.749. The minimum atomic E-state index is 0. The summed E-state index contributed by atoms with van der Waals surface area (Å²) >= 11 is 3.42. The van der Waals surface area contributed by atoms with Crippen LogP contribution in [0.4, 0.5) is 0 Å². The van der Waals surface area contributed by atoms with E-state index in [0.29, 0.717) is 17.4 Å². The van der Waals surface area contributed by atoms with Gasteiger partial charge in [0.25, 0.3) is 5.91 Å². The lowest BCUT2D eigenvalue weighted by Gasteiger charge is -2.32. The number of halogens is 2. The van der Waals surface area contributed by atoms with E-state index in [9.17, 15) is 4.79 Å². The maximum atomic E-state index is 12.4. The molecule has 1 aromatic carbocycles. The molecule has 2 rings (SSSR count).